The van der Waals surface area contributed by atoms with Gasteiger partial charge in [0.2, 0.25) is 5.16 Å². The predicted molar refractivity (Wildman–Crippen MR) is 116 cm³/mol. The summed E-state index contributed by atoms with van der Waals surface area (Å²) < 4.78 is 7.29. The minimum Gasteiger partial charge on any atom is -0.467 e. The van der Waals surface area contributed by atoms with E-state index in [-0.39, 0.29) is 17.7 Å². The average Bonchev–Trinajstić information content (AvgIpc) is 3.57. The molecule has 1 aliphatic rings. The lowest BCUT2D eigenvalue weighted by atomic mass is 10.1. The van der Waals surface area contributed by atoms with E-state index in [0.717, 1.165) is 21.2 Å². The first kappa shape index (κ1) is 19.2. The molecule has 0 radical (unpaired) electrons. The van der Waals surface area contributed by atoms with Gasteiger partial charge in [-0.05, 0) is 45.5 Å². The molecule has 5 rings (SSSR count). The third-order valence-electron chi connectivity index (χ3n) is 4.55. The maximum absolute atomic E-state index is 13.1. The molecule has 1 unspecified atom stereocenters. The summed E-state index contributed by atoms with van der Waals surface area (Å²) in [4.78, 5) is 15.3. The van der Waals surface area contributed by atoms with Gasteiger partial charge in [0.05, 0.1) is 29.1 Å². The van der Waals surface area contributed by atoms with Gasteiger partial charge in [0.15, 0.2) is 0 Å². The van der Waals surface area contributed by atoms with Crippen molar-refractivity contribution < 1.29 is 9.21 Å². The van der Waals surface area contributed by atoms with E-state index in [4.69, 9.17) is 4.42 Å². The van der Waals surface area contributed by atoms with Crippen molar-refractivity contribution in [3.63, 3.8) is 0 Å². The molecule has 8 nitrogen and oxygen atoms in total. The molecule has 0 N–H and O–H groups in total. The fraction of sp³-hybridized carbons (Fsp3) is 0.211. The minimum atomic E-state index is -0.243. The van der Waals surface area contributed by atoms with Gasteiger partial charge in [-0.2, -0.15) is 5.10 Å². The van der Waals surface area contributed by atoms with E-state index >= 15 is 0 Å². The zero-order valence-corrected chi connectivity index (χ0v) is 18.1. The van der Waals surface area contributed by atoms with Gasteiger partial charge in [0, 0.05) is 11.3 Å². The molecule has 30 heavy (non-hydrogen) atoms. The Morgan fingerprint density at radius 1 is 1.20 bits per heavy atom. The maximum Gasteiger partial charge on any atom is 0.253 e. The minimum absolute atomic E-state index is 0.112. The number of rotatable bonds is 7. The summed E-state index contributed by atoms with van der Waals surface area (Å²) in [6.07, 6.45) is 2.25. The number of hydrogen-bond donors (Lipinski definition) is 0. The highest BCUT2D eigenvalue weighted by molar-refractivity contribution is 7.99. The van der Waals surface area contributed by atoms with Gasteiger partial charge in [-0.3, -0.25) is 4.79 Å². The number of hydrazone groups is 1. The molecule has 0 spiro atoms. The smallest absolute Gasteiger partial charge is 0.253 e. The topological polar surface area (TPSA) is 89.4 Å². The van der Waals surface area contributed by atoms with E-state index in [9.17, 15) is 4.79 Å². The summed E-state index contributed by atoms with van der Waals surface area (Å²) in [6.45, 7) is 0.584. The molecule has 0 aromatic carbocycles. The first-order chi connectivity index (χ1) is 14.8. The Bertz CT molecular complexity index is 1140. The number of furan rings is 1. The Hall–Kier alpha value is -2.76. The number of hydrogen-bond acceptors (Lipinski definition) is 9. The number of aromatic nitrogens is 4. The summed E-state index contributed by atoms with van der Waals surface area (Å²) in [5.41, 5.74) is 0.896. The summed E-state index contributed by atoms with van der Waals surface area (Å²) in [7, 11) is 0. The zero-order valence-electron chi connectivity index (χ0n) is 15.6. The molecule has 1 amide bonds. The van der Waals surface area contributed by atoms with Crippen LogP contribution < -0.4 is 0 Å². The Morgan fingerprint density at radius 2 is 2.10 bits per heavy atom. The second-order valence-electron chi connectivity index (χ2n) is 6.48. The van der Waals surface area contributed by atoms with Crippen molar-refractivity contribution in [3.8, 4) is 0 Å². The lowest BCUT2D eigenvalue weighted by Crippen LogP contribution is -2.28. The van der Waals surface area contributed by atoms with Gasteiger partial charge in [-0.25, -0.2) is 9.69 Å². The van der Waals surface area contributed by atoms with Crippen molar-refractivity contribution in [3.05, 3.63) is 68.9 Å². The number of amides is 1. The fourth-order valence-electron chi connectivity index (χ4n) is 3.18. The van der Waals surface area contributed by atoms with Gasteiger partial charge in [0.1, 0.15) is 11.8 Å². The third-order valence-corrected chi connectivity index (χ3v) is 7.27. The van der Waals surface area contributed by atoms with Crippen LogP contribution in [0.25, 0.3) is 0 Å². The molecular formula is C19H16N6O2S3. The lowest BCUT2D eigenvalue weighted by molar-refractivity contribution is -0.130. The molecule has 4 aromatic heterocycles. The molecule has 4 aromatic rings. The van der Waals surface area contributed by atoms with Crippen LogP contribution in [0.1, 0.15) is 28.0 Å². The number of carbonyl (C=O) groups is 1. The van der Waals surface area contributed by atoms with Crippen LogP contribution in [-0.2, 0) is 11.3 Å². The van der Waals surface area contributed by atoms with Crippen molar-refractivity contribution in [1.82, 2.24) is 25.2 Å². The molecule has 0 aliphatic carbocycles. The molecule has 1 aliphatic heterocycles. The van der Waals surface area contributed by atoms with Crippen LogP contribution in [0.4, 0.5) is 0 Å². The lowest BCUT2D eigenvalue weighted by Gasteiger charge is -2.19. The van der Waals surface area contributed by atoms with Gasteiger partial charge in [0.25, 0.3) is 5.91 Å². The summed E-state index contributed by atoms with van der Waals surface area (Å²) >= 11 is 4.57. The van der Waals surface area contributed by atoms with Crippen LogP contribution in [0.2, 0.25) is 0 Å². The Kier molecular flexibility index (Phi) is 5.47. The van der Waals surface area contributed by atoms with Crippen molar-refractivity contribution in [1.29, 1.82) is 0 Å². The SMILES string of the molecule is O=C(CSc1nnnn1Cc1cccs1)N1N=C(c2cccs2)CC1c1ccco1. The maximum atomic E-state index is 13.1. The van der Waals surface area contributed by atoms with E-state index in [0.29, 0.717) is 18.1 Å². The monoisotopic (exact) mass is 456 g/mol. The Balaban J connectivity index is 1.31. The quantitative estimate of drug-likeness (QED) is 0.392. The molecule has 5 heterocycles. The van der Waals surface area contributed by atoms with Crippen molar-refractivity contribution in [2.24, 2.45) is 5.10 Å². The van der Waals surface area contributed by atoms with E-state index in [1.807, 2.05) is 47.2 Å². The number of tetrazole rings is 1. The van der Waals surface area contributed by atoms with Crippen LogP contribution in [0.5, 0.6) is 0 Å². The molecular weight excluding hydrogens is 440 g/mol. The third kappa shape index (κ3) is 3.95. The largest absolute Gasteiger partial charge is 0.467 e. The van der Waals surface area contributed by atoms with E-state index in [1.54, 1.807) is 33.6 Å². The number of thioether (sulfide) groups is 1. The summed E-state index contributed by atoms with van der Waals surface area (Å²) in [5.74, 6) is 0.799. The Morgan fingerprint density at radius 3 is 2.87 bits per heavy atom. The normalized spacial score (nSPS) is 16.2. The molecule has 1 atom stereocenters. The number of nitrogens with zero attached hydrogens (tertiary/aromatic N) is 6. The van der Waals surface area contributed by atoms with Crippen molar-refractivity contribution >= 4 is 46.1 Å². The zero-order chi connectivity index (χ0) is 20.3. The Labute approximate surface area is 184 Å². The highest BCUT2D eigenvalue weighted by atomic mass is 32.2. The number of thiophene rings is 2. The van der Waals surface area contributed by atoms with Crippen LogP contribution in [0.3, 0.4) is 0 Å². The fourth-order valence-corrected chi connectivity index (χ4v) is 5.31. The van der Waals surface area contributed by atoms with Crippen molar-refractivity contribution in [2.45, 2.75) is 24.2 Å². The van der Waals surface area contributed by atoms with Gasteiger partial charge in [-0.15, -0.1) is 27.8 Å². The first-order valence-corrected chi connectivity index (χ1v) is 11.9. The van der Waals surface area contributed by atoms with Crippen LogP contribution in [0.15, 0.2) is 68.1 Å². The van der Waals surface area contributed by atoms with Gasteiger partial charge < -0.3 is 4.42 Å². The summed E-state index contributed by atoms with van der Waals surface area (Å²) in [5, 5.41) is 22.7. The average molecular weight is 457 g/mol. The highest BCUT2D eigenvalue weighted by Gasteiger charge is 2.35. The van der Waals surface area contributed by atoms with E-state index < -0.39 is 0 Å². The van der Waals surface area contributed by atoms with Crippen LogP contribution >= 0.6 is 34.4 Å². The number of carbonyl (C=O) groups excluding carboxylic acids is 1. The first-order valence-electron chi connectivity index (χ1n) is 9.16. The molecule has 152 valence electrons. The molecule has 0 bridgehead atoms. The summed E-state index contributed by atoms with van der Waals surface area (Å²) in [6, 6.07) is 11.5. The molecule has 0 saturated heterocycles. The van der Waals surface area contributed by atoms with Gasteiger partial charge in [-0.1, -0.05) is 23.9 Å². The van der Waals surface area contributed by atoms with E-state index in [2.05, 4.69) is 20.6 Å². The van der Waals surface area contributed by atoms with Crippen LogP contribution in [-0.4, -0.2) is 42.6 Å². The van der Waals surface area contributed by atoms with Gasteiger partial charge >= 0.3 is 0 Å². The second kappa shape index (κ2) is 8.54. The van der Waals surface area contributed by atoms with Crippen molar-refractivity contribution in [2.75, 3.05) is 5.75 Å². The second-order valence-corrected chi connectivity index (χ2v) is 9.41. The predicted octanol–water partition coefficient (Wildman–Crippen LogP) is 3.91. The van der Waals surface area contributed by atoms with Crippen LogP contribution in [0, 0.1) is 0 Å². The molecule has 11 heteroatoms. The standard InChI is InChI=1S/C19H16N6O2S3/c26-18(12-30-19-20-22-23-24(19)11-13-4-2-8-28-13)25-15(16-5-1-7-27-16)10-14(21-25)17-6-3-9-29-17/h1-9,15H,10-12H2. The molecule has 0 fully saturated rings. The highest BCUT2D eigenvalue weighted by Crippen LogP contribution is 2.34. The molecule has 0 saturated carbocycles. The van der Waals surface area contributed by atoms with E-state index in [1.165, 1.54) is 16.8 Å².